The Morgan fingerprint density at radius 2 is 1.48 bits per heavy atom. The van der Waals surface area contributed by atoms with E-state index in [1.54, 1.807) is 0 Å². The molecule has 1 heterocycles. The summed E-state index contributed by atoms with van der Waals surface area (Å²) in [6.45, 7) is 4.37. The van der Waals surface area contributed by atoms with Crippen molar-refractivity contribution in [3.63, 3.8) is 0 Å². The molecule has 0 fully saturated rings. The lowest BCUT2D eigenvalue weighted by atomic mass is 10.1. The lowest BCUT2D eigenvalue weighted by Crippen LogP contribution is -2.26. The lowest BCUT2D eigenvalue weighted by Gasteiger charge is -2.01. The summed E-state index contributed by atoms with van der Waals surface area (Å²) < 4.78 is 2.14. The van der Waals surface area contributed by atoms with E-state index in [9.17, 15) is 0 Å². The molecule has 2 heteroatoms. The highest BCUT2D eigenvalue weighted by Crippen LogP contribution is 2.11. The number of hydrogen-bond donors (Lipinski definition) is 1. The fourth-order valence-corrected chi connectivity index (χ4v) is 2.70. The van der Waals surface area contributed by atoms with Crippen LogP contribution in [0.2, 0.25) is 0 Å². The molecule has 0 aromatic carbocycles. The van der Waals surface area contributed by atoms with Gasteiger partial charge in [-0.15, -0.1) is 0 Å². The van der Waals surface area contributed by atoms with Gasteiger partial charge < -0.3 is 0 Å². The van der Waals surface area contributed by atoms with Crippen LogP contribution >= 0.6 is 0 Å². The van der Waals surface area contributed by atoms with Crippen LogP contribution in [0.4, 0.5) is 0 Å². The largest absolute Gasteiger partial charge is 0.255 e. The van der Waals surface area contributed by atoms with Crippen LogP contribution in [-0.2, 0) is 0 Å². The molecule has 120 valence electrons. The molecule has 0 amide bonds. The van der Waals surface area contributed by atoms with Gasteiger partial charge in [0.15, 0.2) is 0 Å². The van der Waals surface area contributed by atoms with Gasteiger partial charge in [0, 0.05) is 6.92 Å². The molecule has 0 aliphatic heterocycles. The third kappa shape index (κ3) is 9.49. The van der Waals surface area contributed by atoms with Crippen molar-refractivity contribution in [3.8, 4) is 0 Å². The highest BCUT2D eigenvalue weighted by molar-refractivity contribution is 5.06. The van der Waals surface area contributed by atoms with E-state index < -0.39 is 0 Å². The SMILES string of the molecule is CCCCCCCCCCCCCC=C[n+]1cc[nH]c1C. The van der Waals surface area contributed by atoms with Crippen LogP contribution in [0, 0.1) is 6.92 Å². The number of unbranched alkanes of at least 4 members (excludes halogenated alkanes) is 11. The van der Waals surface area contributed by atoms with Gasteiger partial charge in [0.2, 0.25) is 0 Å². The predicted molar refractivity (Wildman–Crippen MR) is 92.1 cm³/mol. The molecular weight excluding hydrogens is 256 g/mol. The number of aromatic amines is 1. The Balaban J connectivity index is 1.83. The third-order valence-electron chi connectivity index (χ3n) is 4.16. The molecule has 21 heavy (non-hydrogen) atoms. The Morgan fingerprint density at radius 1 is 0.905 bits per heavy atom. The Hall–Kier alpha value is -1.05. The summed E-state index contributed by atoms with van der Waals surface area (Å²) in [6, 6.07) is 0. The van der Waals surface area contributed by atoms with Gasteiger partial charge in [-0.2, -0.15) is 0 Å². The van der Waals surface area contributed by atoms with E-state index in [0.29, 0.717) is 0 Å². The van der Waals surface area contributed by atoms with E-state index in [4.69, 9.17) is 0 Å². The molecule has 0 atom stereocenters. The topological polar surface area (TPSA) is 19.7 Å². The molecule has 0 saturated carbocycles. The van der Waals surface area contributed by atoms with E-state index >= 15 is 0 Å². The molecule has 0 unspecified atom stereocenters. The molecule has 0 saturated heterocycles. The van der Waals surface area contributed by atoms with E-state index in [1.807, 2.05) is 6.20 Å². The minimum Gasteiger partial charge on any atom is -0.247 e. The van der Waals surface area contributed by atoms with E-state index in [-0.39, 0.29) is 0 Å². The van der Waals surface area contributed by atoms with Crippen LogP contribution in [-0.4, -0.2) is 4.98 Å². The second-order valence-corrected chi connectivity index (χ2v) is 6.16. The zero-order valence-electron chi connectivity index (χ0n) is 14.2. The Labute approximate surface area is 131 Å². The van der Waals surface area contributed by atoms with Crippen molar-refractivity contribution in [2.45, 2.75) is 90.9 Å². The van der Waals surface area contributed by atoms with Crippen molar-refractivity contribution in [2.24, 2.45) is 0 Å². The quantitative estimate of drug-likeness (QED) is 0.351. The molecule has 1 aromatic rings. The molecule has 2 nitrogen and oxygen atoms in total. The summed E-state index contributed by atoms with van der Waals surface area (Å²) in [5, 5.41) is 0. The number of allylic oxidation sites excluding steroid dienone is 1. The third-order valence-corrected chi connectivity index (χ3v) is 4.16. The molecule has 1 aromatic heterocycles. The summed E-state index contributed by atoms with van der Waals surface area (Å²) in [4.78, 5) is 3.18. The van der Waals surface area contributed by atoms with Gasteiger partial charge in [0.05, 0.1) is 6.20 Å². The van der Waals surface area contributed by atoms with Crippen LogP contribution in [0.25, 0.3) is 6.20 Å². The van der Waals surface area contributed by atoms with Gasteiger partial charge in [0.25, 0.3) is 5.82 Å². The Bertz CT molecular complexity index is 365. The standard InChI is InChI=1S/C19H34N2/c1-3-4-5-6-7-8-9-10-11-12-13-14-15-17-21-18-16-20-19(21)2/h15-18H,3-14H2,1-2H3/p+1. The number of hydrogen-bond acceptors (Lipinski definition) is 0. The van der Waals surface area contributed by atoms with Gasteiger partial charge in [-0.25, -0.2) is 9.55 Å². The Morgan fingerprint density at radius 3 is 2.00 bits per heavy atom. The Kier molecular flexibility index (Phi) is 10.9. The highest BCUT2D eigenvalue weighted by Gasteiger charge is 1.98. The van der Waals surface area contributed by atoms with Crippen LogP contribution in [0.15, 0.2) is 18.5 Å². The molecule has 0 spiro atoms. The molecule has 0 aliphatic carbocycles. The zero-order chi connectivity index (χ0) is 15.2. The van der Waals surface area contributed by atoms with E-state index in [2.05, 4.69) is 41.9 Å². The fourth-order valence-electron chi connectivity index (χ4n) is 2.70. The van der Waals surface area contributed by atoms with Gasteiger partial charge >= 0.3 is 0 Å². The fraction of sp³-hybridized carbons (Fsp3) is 0.737. The average molecular weight is 292 g/mol. The van der Waals surface area contributed by atoms with Crippen molar-refractivity contribution in [3.05, 3.63) is 24.3 Å². The van der Waals surface area contributed by atoms with Crippen molar-refractivity contribution in [2.75, 3.05) is 0 Å². The first kappa shape index (κ1) is 18.0. The van der Waals surface area contributed by atoms with Gasteiger partial charge in [-0.05, 0) is 18.9 Å². The van der Waals surface area contributed by atoms with Crippen LogP contribution in [0.1, 0.15) is 89.8 Å². The molecular formula is C19H35N2+. The summed E-state index contributed by atoms with van der Waals surface area (Å²) in [7, 11) is 0. The van der Waals surface area contributed by atoms with Crippen molar-refractivity contribution in [1.29, 1.82) is 0 Å². The first-order valence-electron chi connectivity index (χ1n) is 9.06. The monoisotopic (exact) mass is 291 g/mol. The summed E-state index contributed by atoms with van der Waals surface area (Å²) in [5.41, 5.74) is 0. The zero-order valence-corrected chi connectivity index (χ0v) is 14.2. The molecule has 1 rings (SSSR count). The van der Waals surface area contributed by atoms with Crippen LogP contribution in [0.5, 0.6) is 0 Å². The van der Waals surface area contributed by atoms with Gasteiger partial charge in [-0.3, -0.25) is 0 Å². The number of aromatic nitrogens is 2. The van der Waals surface area contributed by atoms with E-state index in [1.165, 1.54) is 82.9 Å². The highest BCUT2D eigenvalue weighted by atomic mass is 15.0. The number of H-pyrrole nitrogens is 1. The summed E-state index contributed by atoms with van der Waals surface area (Å²) in [5.74, 6) is 1.19. The predicted octanol–water partition coefficient (Wildman–Crippen LogP) is 5.78. The first-order chi connectivity index (χ1) is 10.3. The second kappa shape index (κ2) is 12.7. The lowest BCUT2D eigenvalue weighted by molar-refractivity contribution is -0.574. The molecule has 0 bridgehead atoms. The van der Waals surface area contributed by atoms with Crippen LogP contribution in [0.3, 0.4) is 0 Å². The maximum atomic E-state index is 3.18. The first-order valence-corrected chi connectivity index (χ1v) is 9.06. The van der Waals surface area contributed by atoms with Crippen molar-refractivity contribution >= 4 is 6.20 Å². The van der Waals surface area contributed by atoms with E-state index in [0.717, 1.165) is 0 Å². The minimum atomic E-state index is 1.19. The number of nitrogens with zero attached hydrogens (tertiary/aromatic N) is 1. The molecule has 1 N–H and O–H groups in total. The summed E-state index contributed by atoms with van der Waals surface area (Å²) >= 11 is 0. The summed E-state index contributed by atoms with van der Waals surface area (Å²) in [6.07, 6.45) is 25.3. The maximum absolute atomic E-state index is 3.18. The normalized spacial score (nSPS) is 11.5. The second-order valence-electron chi connectivity index (χ2n) is 6.16. The maximum Gasteiger partial charge on any atom is 0.255 e. The minimum absolute atomic E-state index is 1.19. The van der Waals surface area contributed by atoms with Crippen LogP contribution < -0.4 is 4.57 Å². The van der Waals surface area contributed by atoms with Crippen molar-refractivity contribution in [1.82, 2.24) is 4.98 Å². The number of aryl methyl sites for hydroxylation is 1. The number of rotatable bonds is 13. The smallest absolute Gasteiger partial charge is 0.247 e. The van der Waals surface area contributed by atoms with Gasteiger partial charge in [-0.1, -0.05) is 71.1 Å². The number of nitrogens with one attached hydrogen (secondary N) is 1. The average Bonchev–Trinajstić information content (AvgIpc) is 2.89. The molecule has 0 aliphatic rings. The number of imidazole rings is 1. The van der Waals surface area contributed by atoms with Crippen molar-refractivity contribution < 1.29 is 4.57 Å². The molecule has 0 radical (unpaired) electrons. The van der Waals surface area contributed by atoms with Gasteiger partial charge in [0.1, 0.15) is 12.4 Å².